The molecule has 0 aliphatic rings. The van der Waals surface area contributed by atoms with Crippen LogP contribution in [0.3, 0.4) is 0 Å². The molecule has 1 nitrogen and oxygen atoms in total. The van der Waals surface area contributed by atoms with Crippen LogP contribution in [-0.2, 0) is 0 Å². The molecule has 0 radical (unpaired) electrons. The van der Waals surface area contributed by atoms with E-state index in [1.54, 1.807) is 36.5 Å². The third kappa shape index (κ3) is 6.74. The minimum absolute atomic E-state index is 0.0726. The van der Waals surface area contributed by atoms with Gasteiger partial charge in [-0.1, -0.05) is 36.3 Å². The Bertz CT molecular complexity index is 179. The summed E-state index contributed by atoms with van der Waals surface area (Å²) < 4.78 is 0. The molecule has 0 aliphatic heterocycles. The molecule has 52 valence electrons. The Balaban J connectivity index is 3.49. The van der Waals surface area contributed by atoms with Crippen LogP contribution in [0.2, 0.25) is 0 Å². The van der Waals surface area contributed by atoms with E-state index in [2.05, 4.69) is 5.92 Å². The summed E-state index contributed by atoms with van der Waals surface area (Å²) in [6.45, 7) is 0.0726. The Hall–Kier alpha value is -1.26. The monoisotopic (exact) mass is 134 g/mol. The van der Waals surface area contributed by atoms with Crippen LogP contribution in [0.15, 0.2) is 36.5 Å². The van der Waals surface area contributed by atoms with Crippen LogP contribution in [0.4, 0.5) is 0 Å². The van der Waals surface area contributed by atoms with Crippen molar-refractivity contribution < 1.29 is 5.11 Å². The van der Waals surface area contributed by atoms with E-state index in [-0.39, 0.29) is 6.61 Å². The summed E-state index contributed by atoms with van der Waals surface area (Å²) >= 11 is 0. The van der Waals surface area contributed by atoms with Gasteiger partial charge in [0.25, 0.3) is 0 Å². The van der Waals surface area contributed by atoms with Crippen LogP contribution in [0, 0.1) is 12.3 Å². The van der Waals surface area contributed by atoms with Gasteiger partial charge in [-0.15, -0.1) is 6.42 Å². The average molecular weight is 134 g/mol. The lowest BCUT2D eigenvalue weighted by Crippen LogP contribution is -1.66. The summed E-state index contributed by atoms with van der Waals surface area (Å²) in [5.41, 5.74) is 0. The van der Waals surface area contributed by atoms with Gasteiger partial charge < -0.3 is 5.11 Å². The van der Waals surface area contributed by atoms with Crippen LogP contribution in [-0.4, -0.2) is 11.7 Å². The summed E-state index contributed by atoms with van der Waals surface area (Å²) in [6, 6.07) is 0. The van der Waals surface area contributed by atoms with Crippen molar-refractivity contribution in [2.45, 2.75) is 0 Å². The summed E-state index contributed by atoms with van der Waals surface area (Å²) in [4.78, 5) is 0. The quantitative estimate of drug-likeness (QED) is 0.455. The maximum absolute atomic E-state index is 8.30. The van der Waals surface area contributed by atoms with Crippen LogP contribution >= 0.6 is 0 Å². The minimum atomic E-state index is 0.0726. The van der Waals surface area contributed by atoms with Crippen molar-refractivity contribution >= 4 is 0 Å². The fourth-order valence-electron chi connectivity index (χ4n) is 0.379. The lowest BCUT2D eigenvalue weighted by Gasteiger charge is -1.73. The van der Waals surface area contributed by atoms with Gasteiger partial charge in [-0.25, -0.2) is 0 Å². The van der Waals surface area contributed by atoms with Crippen molar-refractivity contribution in [1.82, 2.24) is 0 Å². The Labute approximate surface area is 61.4 Å². The first-order valence-electron chi connectivity index (χ1n) is 2.97. The molecule has 0 saturated carbocycles. The van der Waals surface area contributed by atoms with E-state index in [9.17, 15) is 0 Å². The molecule has 1 N–H and O–H groups in total. The first-order valence-corrected chi connectivity index (χ1v) is 2.97. The third-order valence-electron chi connectivity index (χ3n) is 0.767. The zero-order valence-electron chi connectivity index (χ0n) is 5.70. The standard InChI is InChI=1S/C9H10O/c1-2-3-4-5-6-7-8-9-10/h1,3-8,10H,9H2. The molecule has 0 spiro atoms. The lowest BCUT2D eigenvalue weighted by atomic mass is 10.4. The molecule has 0 aromatic rings. The first-order chi connectivity index (χ1) is 4.91. The third-order valence-corrected chi connectivity index (χ3v) is 0.767. The van der Waals surface area contributed by atoms with E-state index in [4.69, 9.17) is 11.5 Å². The molecule has 0 saturated heterocycles. The zero-order valence-corrected chi connectivity index (χ0v) is 5.70. The molecule has 0 bridgehead atoms. The van der Waals surface area contributed by atoms with Crippen molar-refractivity contribution in [2.75, 3.05) is 6.61 Å². The van der Waals surface area contributed by atoms with Crippen molar-refractivity contribution in [3.05, 3.63) is 36.5 Å². The van der Waals surface area contributed by atoms with Gasteiger partial charge >= 0.3 is 0 Å². The molecular weight excluding hydrogens is 124 g/mol. The molecule has 0 aromatic heterocycles. The van der Waals surface area contributed by atoms with Crippen molar-refractivity contribution in [3.8, 4) is 12.3 Å². The normalized spacial score (nSPS) is 11.6. The number of allylic oxidation sites excluding steroid dienone is 5. The summed E-state index contributed by atoms with van der Waals surface area (Å²) in [5, 5.41) is 8.30. The van der Waals surface area contributed by atoms with Gasteiger partial charge in [0.1, 0.15) is 0 Å². The number of terminal acetylenes is 1. The number of rotatable bonds is 3. The number of hydrogen-bond acceptors (Lipinski definition) is 1. The van der Waals surface area contributed by atoms with Gasteiger partial charge in [0.05, 0.1) is 6.61 Å². The largest absolute Gasteiger partial charge is 0.392 e. The van der Waals surface area contributed by atoms with Gasteiger partial charge in [-0.05, 0) is 6.08 Å². The molecule has 0 amide bonds. The summed E-state index contributed by atoms with van der Waals surface area (Å²) in [5.74, 6) is 2.35. The number of aliphatic hydroxyl groups is 1. The fourth-order valence-corrected chi connectivity index (χ4v) is 0.379. The highest BCUT2D eigenvalue weighted by Gasteiger charge is 1.61. The molecule has 0 unspecified atom stereocenters. The Morgan fingerprint density at radius 1 is 1.20 bits per heavy atom. The lowest BCUT2D eigenvalue weighted by molar-refractivity contribution is 0.343. The van der Waals surface area contributed by atoms with E-state index in [0.717, 1.165) is 0 Å². The molecule has 0 rings (SSSR count). The summed E-state index contributed by atoms with van der Waals surface area (Å²) in [7, 11) is 0. The van der Waals surface area contributed by atoms with Crippen molar-refractivity contribution in [3.63, 3.8) is 0 Å². The molecule has 0 heterocycles. The topological polar surface area (TPSA) is 20.2 Å². The fraction of sp³-hybridized carbons (Fsp3) is 0.111. The molecule has 0 fully saturated rings. The molecule has 10 heavy (non-hydrogen) atoms. The van der Waals surface area contributed by atoms with Gasteiger partial charge in [0.15, 0.2) is 0 Å². The maximum atomic E-state index is 8.30. The second-order valence-electron chi connectivity index (χ2n) is 1.52. The molecule has 0 aliphatic carbocycles. The SMILES string of the molecule is C#CC=CC=CC=CCO. The molecule has 0 aromatic carbocycles. The van der Waals surface area contributed by atoms with E-state index in [1.165, 1.54) is 0 Å². The number of hydrogen-bond donors (Lipinski definition) is 1. The Morgan fingerprint density at radius 3 is 2.50 bits per heavy atom. The predicted molar refractivity (Wildman–Crippen MR) is 43.3 cm³/mol. The van der Waals surface area contributed by atoms with Crippen LogP contribution in [0.25, 0.3) is 0 Å². The molecule has 1 heteroatoms. The van der Waals surface area contributed by atoms with Crippen molar-refractivity contribution in [2.24, 2.45) is 0 Å². The van der Waals surface area contributed by atoms with E-state index in [1.807, 2.05) is 0 Å². The maximum Gasteiger partial charge on any atom is 0.0615 e. The Morgan fingerprint density at radius 2 is 1.90 bits per heavy atom. The minimum Gasteiger partial charge on any atom is -0.392 e. The smallest absolute Gasteiger partial charge is 0.0615 e. The van der Waals surface area contributed by atoms with Gasteiger partial charge in [-0.3, -0.25) is 0 Å². The molecule has 0 atom stereocenters. The van der Waals surface area contributed by atoms with Crippen LogP contribution in [0.5, 0.6) is 0 Å². The zero-order chi connectivity index (χ0) is 7.66. The van der Waals surface area contributed by atoms with E-state index in [0.29, 0.717) is 0 Å². The highest BCUT2D eigenvalue weighted by atomic mass is 16.2. The van der Waals surface area contributed by atoms with Crippen LogP contribution in [0.1, 0.15) is 0 Å². The second kappa shape index (κ2) is 7.74. The second-order valence-corrected chi connectivity index (χ2v) is 1.52. The average Bonchev–Trinajstić information content (AvgIpc) is 1.97. The first kappa shape index (κ1) is 8.74. The van der Waals surface area contributed by atoms with Crippen LogP contribution < -0.4 is 0 Å². The van der Waals surface area contributed by atoms with Gasteiger partial charge in [-0.2, -0.15) is 0 Å². The highest BCUT2D eigenvalue weighted by molar-refractivity contribution is 5.18. The predicted octanol–water partition coefficient (Wildman–Crippen LogP) is 1.28. The molecular formula is C9H10O. The van der Waals surface area contributed by atoms with Gasteiger partial charge in [0.2, 0.25) is 0 Å². The van der Waals surface area contributed by atoms with E-state index >= 15 is 0 Å². The van der Waals surface area contributed by atoms with Gasteiger partial charge in [0, 0.05) is 0 Å². The highest BCUT2D eigenvalue weighted by Crippen LogP contribution is 1.78. The number of aliphatic hydroxyl groups excluding tert-OH is 1. The van der Waals surface area contributed by atoms with E-state index < -0.39 is 0 Å². The Kier molecular flexibility index (Phi) is 6.76. The van der Waals surface area contributed by atoms with Crippen molar-refractivity contribution in [1.29, 1.82) is 0 Å². The summed E-state index contributed by atoms with van der Waals surface area (Å²) in [6.07, 6.45) is 15.3.